The number of ether oxygens (including phenoxy) is 2. The summed E-state index contributed by atoms with van der Waals surface area (Å²) in [7, 11) is 1.44. The van der Waals surface area contributed by atoms with Gasteiger partial charge in [0.1, 0.15) is 19.8 Å². The molecular weight excluding hydrogens is 725 g/mol. The van der Waals surface area contributed by atoms with Crippen LogP contribution < -0.4 is 0 Å². The molecule has 56 heavy (non-hydrogen) atoms. The Labute approximate surface area is 343 Å². The molecule has 1 unspecified atom stereocenters. The van der Waals surface area contributed by atoms with Crippen molar-refractivity contribution < 1.29 is 42.1 Å². The molecule has 0 amide bonds. The van der Waals surface area contributed by atoms with E-state index in [1.54, 1.807) is 0 Å². The van der Waals surface area contributed by atoms with Crippen LogP contribution in [0.1, 0.15) is 168 Å². The molecule has 0 aromatic heterocycles. The van der Waals surface area contributed by atoms with Gasteiger partial charge in [-0.1, -0.05) is 139 Å². The normalized spacial score (nSPS) is 14.2. The van der Waals surface area contributed by atoms with Crippen molar-refractivity contribution in [3.8, 4) is 0 Å². The highest BCUT2D eigenvalue weighted by molar-refractivity contribution is 7.47. The Hall–Kier alpha value is -2.29. The smallest absolute Gasteiger partial charge is 0.462 e. The Bertz CT molecular complexity index is 1140. The molecular formula is C46H83NO8P+. The average Bonchev–Trinajstić information content (AvgIpc) is 3.15. The second kappa shape index (κ2) is 38.2. The molecule has 0 heterocycles. The number of phosphoric ester groups is 1. The zero-order valence-corrected chi connectivity index (χ0v) is 37.2. The first kappa shape index (κ1) is 53.7. The molecule has 0 aliphatic heterocycles. The summed E-state index contributed by atoms with van der Waals surface area (Å²) in [6, 6.07) is 0. The van der Waals surface area contributed by atoms with E-state index in [1.165, 1.54) is 64.2 Å². The first-order valence-corrected chi connectivity index (χ1v) is 23.5. The van der Waals surface area contributed by atoms with E-state index >= 15 is 0 Å². The molecule has 0 spiro atoms. The van der Waals surface area contributed by atoms with Gasteiger partial charge in [-0.3, -0.25) is 18.6 Å². The number of rotatable bonds is 39. The van der Waals surface area contributed by atoms with Gasteiger partial charge < -0.3 is 18.9 Å². The lowest BCUT2D eigenvalue weighted by molar-refractivity contribution is -0.870. The molecule has 324 valence electrons. The van der Waals surface area contributed by atoms with E-state index in [4.69, 9.17) is 18.5 Å². The molecule has 0 saturated heterocycles. The first-order valence-electron chi connectivity index (χ1n) is 22.0. The molecule has 0 aromatic rings. The van der Waals surface area contributed by atoms with E-state index in [9.17, 15) is 19.0 Å². The molecule has 9 nitrogen and oxygen atoms in total. The predicted octanol–water partition coefficient (Wildman–Crippen LogP) is 12.5. The van der Waals surface area contributed by atoms with Crippen LogP contribution in [0.15, 0.2) is 60.8 Å². The number of hydrogen-bond acceptors (Lipinski definition) is 7. The SMILES string of the molecule is CC/C=C\C/C=C\C/C=C\C/C=C\CCCCC(=O)OC[C@H](COP(=O)(O)OCC[N+](C)(C)C)OC(=O)CCCCCCCCC/C=C\CCCCCCCC. The van der Waals surface area contributed by atoms with Gasteiger partial charge >= 0.3 is 19.8 Å². The summed E-state index contributed by atoms with van der Waals surface area (Å²) < 4.78 is 34.2. The highest BCUT2D eigenvalue weighted by atomic mass is 31.2. The van der Waals surface area contributed by atoms with E-state index in [0.717, 1.165) is 64.2 Å². The molecule has 0 aliphatic rings. The third kappa shape index (κ3) is 41.3. The first-order chi connectivity index (χ1) is 27.0. The van der Waals surface area contributed by atoms with Crippen LogP contribution in [-0.4, -0.2) is 74.9 Å². The fourth-order valence-electron chi connectivity index (χ4n) is 5.59. The number of carbonyl (C=O) groups excluding carboxylic acids is 2. The van der Waals surface area contributed by atoms with Crippen molar-refractivity contribution >= 4 is 19.8 Å². The van der Waals surface area contributed by atoms with Crippen LogP contribution in [0.5, 0.6) is 0 Å². The minimum atomic E-state index is -4.39. The Balaban J connectivity index is 4.43. The fourth-order valence-corrected chi connectivity index (χ4v) is 6.33. The number of carbonyl (C=O) groups is 2. The largest absolute Gasteiger partial charge is 0.472 e. The third-order valence-electron chi connectivity index (χ3n) is 9.03. The van der Waals surface area contributed by atoms with Crippen molar-refractivity contribution in [1.29, 1.82) is 0 Å². The van der Waals surface area contributed by atoms with Crippen LogP contribution in [0.25, 0.3) is 0 Å². The molecule has 0 aliphatic carbocycles. The lowest BCUT2D eigenvalue weighted by atomic mass is 10.1. The predicted molar refractivity (Wildman–Crippen MR) is 233 cm³/mol. The molecule has 0 radical (unpaired) electrons. The number of quaternary nitrogens is 1. The van der Waals surface area contributed by atoms with Gasteiger partial charge in [0.05, 0.1) is 27.7 Å². The van der Waals surface area contributed by atoms with Crippen LogP contribution in [-0.2, 0) is 32.7 Å². The Morgan fingerprint density at radius 1 is 0.571 bits per heavy atom. The summed E-state index contributed by atoms with van der Waals surface area (Å²) in [6.45, 7) is 4.24. The average molecular weight is 809 g/mol. The minimum absolute atomic E-state index is 0.0218. The zero-order valence-electron chi connectivity index (χ0n) is 36.3. The second-order valence-electron chi connectivity index (χ2n) is 15.7. The standard InChI is InChI=1S/C46H82NO8P/c1-6-8-10-12-14-16-18-20-22-23-25-27-29-31-33-35-37-39-46(49)55-44(43-54-56(50,51)53-41-40-47(3,4)5)42-52-45(48)38-36-34-32-30-28-26-24-21-19-17-15-13-11-9-7-2/h9,11,15,17,20-22,24,28,30,44H,6-8,10,12-14,16,18-19,23,25-27,29,31-43H2,1-5H3/p+1/b11-9-,17-15-,22-20-,24-21-,30-28-/t44-/m1/s1. The number of nitrogens with zero attached hydrogens (tertiary/aromatic N) is 1. The second-order valence-corrected chi connectivity index (χ2v) is 17.1. The number of hydrogen-bond donors (Lipinski definition) is 1. The van der Waals surface area contributed by atoms with Gasteiger partial charge in [0.2, 0.25) is 0 Å². The lowest BCUT2D eigenvalue weighted by Gasteiger charge is -2.24. The van der Waals surface area contributed by atoms with Crippen molar-refractivity contribution in [3.63, 3.8) is 0 Å². The number of allylic oxidation sites excluding steroid dienone is 10. The van der Waals surface area contributed by atoms with Gasteiger partial charge in [0.25, 0.3) is 0 Å². The quantitative estimate of drug-likeness (QED) is 0.0215. The van der Waals surface area contributed by atoms with Crippen LogP contribution >= 0.6 is 7.82 Å². The minimum Gasteiger partial charge on any atom is -0.462 e. The van der Waals surface area contributed by atoms with E-state index in [-0.39, 0.29) is 26.1 Å². The van der Waals surface area contributed by atoms with Gasteiger partial charge in [-0.2, -0.15) is 0 Å². The molecule has 2 atom stereocenters. The summed E-state index contributed by atoms with van der Waals surface area (Å²) in [6.07, 6.45) is 45.6. The van der Waals surface area contributed by atoms with Gasteiger partial charge in [-0.15, -0.1) is 0 Å². The molecule has 0 fully saturated rings. The van der Waals surface area contributed by atoms with Gasteiger partial charge in [-0.05, 0) is 77.0 Å². The Kier molecular flexibility index (Phi) is 36.7. The van der Waals surface area contributed by atoms with Crippen LogP contribution in [0, 0.1) is 0 Å². The van der Waals surface area contributed by atoms with Crippen LogP contribution in [0.2, 0.25) is 0 Å². The van der Waals surface area contributed by atoms with Crippen molar-refractivity contribution in [2.24, 2.45) is 0 Å². The molecule has 0 rings (SSSR count). The number of esters is 2. The topological polar surface area (TPSA) is 108 Å². The summed E-state index contributed by atoms with van der Waals surface area (Å²) in [4.78, 5) is 35.3. The molecule has 1 N–H and O–H groups in total. The van der Waals surface area contributed by atoms with Crippen molar-refractivity contribution in [2.45, 2.75) is 174 Å². The molecule has 0 aromatic carbocycles. The highest BCUT2D eigenvalue weighted by Gasteiger charge is 2.27. The highest BCUT2D eigenvalue weighted by Crippen LogP contribution is 2.43. The summed E-state index contributed by atoms with van der Waals surface area (Å²) in [5.74, 6) is -0.856. The Morgan fingerprint density at radius 2 is 1.02 bits per heavy atom. The lowest BCUT2D eigenvalue weighted by Crippen LogP contribution is -2.37. The van der Waals surface area contributed by atoms with E-state index in [0.29, 0.717) is 23.9 Å². The maximum absolute atomic E-state index is 12.7. The number of phosphoric acid groups is 1. The molecule has 0 bridgehead atoms. The summed E-state index contributed by atoms with van der Waals surface area (Å²) >= 11 is 0. The maximum atomic E-state index is 12.7. The van der Waals surface area contributed by atoms with Gasteiger partial charge in [0.15, 0.2) is 6.10 Å². The molecule has 0 saturated carbocycles. The zero-order chi connectivity index (χ0) is 41.4. The molecule has 10 heteroatoms. The van der Waals surface area contributed by atoms with Crippen LogP contribution in [0.4, 0.5) is 0 Å². The van der Waals surface area contributed by atoms with E-state index in [1.807, 2.05) is 21.1 Å². The maximum Gasteiger partial charge on any atom is 0.472 e. The Morgan fingerprint density at radius 3 is 1.57 bits per heavy atom. The summed E-state index contributed by atoms with van der Waals surface area (Å²) in [5, 5.41) is 0. The van der Waals surface area contributed by atoms with Gasteiger partial charge in [0, 0.05) is 12.8 Å². The number of unbranched alkanes of at least 4 members (excludes halogenated alkanes) is 15. The van der Waals surface area contributed by atoms with Crippen LogP contribution in [0.3, 0.4) is 0 Å². The monoisotopic (exact) mass is 809 g/mol. The van der Waals surface area contributed by atoms with Crippen molar-refractivity contribution in [1.82, 2.24) is 0 Å². The van der Waals surface area contributed by atoms with Crippen molar-refractivity contribution in [2.75, 3.05) is 47.5 Å². The third-order valence-corrected chi connectivity index (χ3v) is 10.0. The van der Waals surface area contributed by atoms with Crippen molar-refractivity contribution in [3.05, 3.63) is 60.8 Å². The van der Waals surface area contributed by atoms with Gasteiger partial charge in [-0.25, -0.2) is 4.57 Å². The van der Waals surface area contributed by atoms with E-state index in [2.05, 4.69) is 74.6 Å². The van der Waals surface area contributed by atoms with E-state index < -0.39 is 32.5 Å². The summed E-state index contributed by atoms with van der Waals surface area (Å²) in [5.41, 5.74) is 0. The number of likely N-dealkylation sites (N-methyl/N-ethyl adjacent to an activating group) is 1. The fraction of sp³-hybridized carbons (Fsp3) is 0.739.